The average molecular weight is 492 g/mol. The summed E-state index contributed by atoms with van der Waals surface area (Å²) in [5, 5.41) is 2.84. The second-order valence-electron chi connectivity index (χ2n) is 8.81. The maximum absolute atomic E-state index is 13.4. The molecule has 0 aromatic heterocycles. The summed E-state index contributed by atoms with van der Waals surface area (Å²) >= 11 is 0. The summed E-state index contributed by atoms with van der Waals surface area (Å²) in [7, 11) is -3.70. The molecule has 0 radical (unpaired) electrons. The number of halogens is 1. The second-order valence-corrected chi connectivity index (χ2v) is 10.8. The van der Waals surface area contributed by atoms with Crippen molar-refractivity contribution < 1.29 is 22.4 Å². The van der Waals surface area contributed by atoms with Crippen LogP contribution in [-0.2, 0) is 32.7 Å². The minimum atomic E-state index is -3.70. The first-order chi connectivity index (χ1) is 16.0. The number of amides is 2. The summed E-state index contributed by atoms with van der Waals surface area (Å²) in [4.78, 5) is 27.5. The second kappa shape index (κ2) is 12.6. The van der Waals surface area contributed by atoms with Gasteiger partial charge in [-0.2, -0.15) is 4.31 Å². The normalized spacial score (nSPS) is 12.6. The lowest BCUT2D eigenvalue weighted by Crippen LogP contribution is -2.51. The van der Waals surface area contributed by atoms with Gasteiger partial charge in [0, 0.05) is 19.6 Å². The smallest absolute Gasteiger partial charge is 0.242 e. The van der Waals surface area contributed by atoms with Gasteiger partial charge in [0.15, 0.2) is 0 Å². The van der Waals surface area contributed by atoms with E-state index in [-0.39, 0.29) is 19.0 Å². The van der Waals surface area contributed by atoms with Crippen LogP contribution in [0.15, 0.2) is 54.6 Å². The van der Waals surface area contributed by atoms with Crippen molar-refractivity contribution in [3.05, 3.63) is 71.5 Å². The number of sulfonamides is 1. The first kappa shape index (κ1) is 27.5. The van der Waals surface area contributed by atoms with Gasteiger partial charge in [0.25, 0.3) is 0 Å². The minimum Gasteiger partial charge on any atom is -0.354 e. The molecule has 34 heavy (non-hydrogen) atoms. The van der Waals surface area contributed by atoms with Crippen LogP contribution in [0.5, 0.6) is 0 Å². The molecule has 0 fully saturated rings. The third-order valence-electron chi connectivity index (χ3n) is 5.44. The summed E-state index contributed by atoms with van der Waals surface area (Å²) in [6.07, 6.45) is 1.85. The summed E-state index contributed by atoms with van der Waals surface area (Å²) in [6.45, 7) is 5.83. The zero-order valence-corrected chi connectivity index (χ0v) is 21.0. The van der Waals surface area contributed by atoms with E-state index in [0.717, 1.165) is 22.5 Å². The topological polar surface area (TPSA) is 86.8 Å². The lowest BCUT2D eigenvalue weighted by Gasteiger charge is -2.31. The van der Waals surface area contributed by atoms with Crippen LogP contribution in [0, 0.1) is 11.7 Å². The van der Waals surface area contributed by atoms with Crippen molar-refractivity contribution in [3.8, 4) is 0 Å². The molecule has 0 spiro atoms. The summed E-state index contributed by atoms with van der Waals surface area (Å²) in [5.74, 6) is -0.844. The number of rotatable bonds is 12. The van der Waals surface area contributed by atoms with Crippen molar-refractivity contribution in [1.82, 2.24) is 14.5 Å². The highest BCUT2D eigenvalue weighted by molar-refractivity contribution is 7.88. The molecule has 186 valence electrons. The molecule has 0 aliphatic carbocycles. The van der Waals surface area contributed by atoms with Gasteiger partial charge in [0.05, 0.1) is 12.8 Å². The predicted octanol–water partition coefficient (Wildman–Crippen LogP) is 3.17. The van der Waals surface area contributed by atoms with Crippen molar-refractivity contribution in [2.24, 2.45) is 5.92 Å². The van der Waals surface area contributed by atoms with E-state index in [0.29, 0.717) is 18.0 Å². The Morgan fingerprint density at radius 1 is 0.941 bits per heavy atom. The third-order valence-corrected chi connectivity index (χ3v) is 6.63. The first-order valence-electron chi connectivity index (χ1n) is 11.3. The fourth-order valence-corrected chi connectivity index (χ4v) is 4.05. The minimum absolute atomic E-state index is 0.0325. The largest absolute Gasteiger partial charge is 0.354 e. The maximum Gasteiger partial charge on any atom is 0.242 e. The zero-order valence-electron chi connectivity index (χ0n) is 20.2. The van der Waals surface area contributed by atoms with Crippen molar-refractivity contribution in [2.75, 3.05) is 19.3 Å². The molecule has 2 amide bonds. The zero-order chi connectivity index (χ0) is 25.3. The van der Waals surface area contributed by atoms with Crippen molar-refractivity contribution in [3.63, 3.8) is 0 Å². The lowest BCUT2D eigenvalue weighted by atomic mass is 10.1. The number of carbonyl (C=O) groups is 2. The summed E-state index contributed by atoms with van der Waals surface area (Å²) in [6, 6.07) is 13.8. The highest BCUT2D eigenvalue weighted by Crippen LogP contribution is 2.14. The monoisotopic (exact) mass is 491 g/mol. The van der Waals surface area contributed by atoms with Gasteiger partial charge < -0.3 is 10.2 Å². The standard InChI is InChI=1S/C25H34FN3O4S/c1-19(2)14-15-27-25(31)20(3)29(17-22-10-12-23(26)13-11-22)24(30)18-28(34(4,32)33)16-21-8-6-5-7-9-21/h5-13,19-20H,14-18H2,1-4H3,(H,27,31). The van der Waals surface area contributed by atoms with E-state index < -0.39 is 34.3 Å². The molecule has 9 heteroatoms. The third kappa shape index (κ3) is 8.87. The van der Waals surface area contributed by atoms with Crippen LogP contribution in [0.2, 0.25) is 0 Å². The number of nitrogens with one attached hydrogen (secondary N) is 1. The quantitative estimate of drug-likeness (QED) is 0.494. The van der Waals surface area contributed by atoms with Crippen LogP contribution < -0.4 is 5.32 Å². The molecule has 0 bridgehead atoms. The fourth-order valence-electron chi connectivity index (χ4n) is 3.32. The molecule has 1 unspecified atom stereocenters. The molecule has 0 aliphatic heterocycles. The Morgan fingerprint density at radius 2 is 1.53 bits per heavy atom. The summed E-state index contributed by atoms with van der Waals surface area (Å²) in [5.41, 5.74) is 1.37. The molecular formula is C25H34FN3O4S. The van der Waals surface area contributed by atoms with Gasteiger partial charge in [-0.3, -0.25) is 9.59 Å². The molecule has 2 aromatic rings. The van der Waals surface area contributed by atoms with E-state index in [4.69, 9.17) is 0 Å². The number of hydrogen-bond donors (Lipinski definition) is 1. The molecule has 0 aliphatic rings. The van der Waals surface area contributed by atoms with Gasteiger partial charge >= 0.3 is 0 Å². The van der Waals surface area contributed by atoms with Gasteiger partial charge in [0.2, 0.25) is 21.8 Å². The van der Waals surface area contributed by atoms with Gasteiger partial charge in [-0.05, 0) is 42.5 Å². The highest BCUT2D eigenvalue weighted by Gasteiger charge is 2.29. The van der Waals surface area contributed by atoms with Crippen LogP contribution in [0.3, 0.4) is 0 Å². The van der Waals surface area contributed by atoms with E-state index in [9.17, 15) is 22.4 Å². The van der Waals surface area contributed by atoms with Gasteiger partial charge in [-0.1, -0.05) is 56.3 Å². The van der Waals surface area contributed by atoms with Crippen molar-refractivity contribution in [1.29, 1.82) is 0 Å². The molecule has 1 atom stereocenters. The number of nitrogens with zero attached hydrogens (tertiary/aromatic N) is 2. The fraction of sp³-hybridized carbons (Fsp3) is 0.440. The molecule has 0 saturated heterocycles. The van der Waals surface area contributed by atoms with Crippen LogP contribution in [-0.4, -0.2) is 54.8 Å². The Kier molecular flexibility index (Phi) is 10.2. The SMILES string of the molecule is CC(C)CCNC(=O)C(C)N(Cc1ccc(F)cc1)C(=O)CN(Cc1ccccc1)S(C)(=O)=O. The van der Waals surface area contributed by atoms with Gasteiger partial charge in [-0.25, -0.2) is 12.8 Å². The van der Waals surface area contributed by atoms with Crippen LogP contribution >= 0.6 is 0 Å². The van der Waals surface area contributed by atoms with E-state index in [1.807, 2.05) is 19.9 Å². The molecule has 0 saturated carbocycles. The lowest BCUT2D eigenvalue weighted by molar-refractivity contribution is -0.140. The Morgan fingerprint density at radius 3 is 2.09 bits per heavy atom. The maximum atomic E-state index is 13.4. The van der Waals surface area contributed by atoms with E-state index in [2.05, 4.69) is 5.32 Å². The predicted molar refractivity (Wildman–Crippen MR) is 131 cm³/mol. The Balaban J connectivity index is 2.24. The van der Waals surface area contributed by atoms with Crippen LogP contribution in [0.1, 0.15) is 38.3 Å². The number of carbonyl (C=O) groups excluding carboxylic acids is 2. The highest BCUT2D eigenvalue weighted by atomic mass is 32.2. The molecule has 1 N–H and O–H groups in total. The van der Waals surface area contributed by atoms with E-state index >= 15 is 0 Å². The molecular weight excluding hydrogens is 457 g/mol. The Bertz CT molecular complexity index is 1040. The summed E-state index contributed by atoms with van der Waals surface area (Å²) < 4.78 is 39.3. The molecule has 2 aromatic carbocycles. The molecule has 2 rings (SSSR count). The van der Waals surface area contributed by atoms with Crippen LogP contribution in [0.4, 0.5) is 4.39 Å². The Hall–Kier alpha value is -2.78. The van der Waals surface area contributed by atoms with Crippen LogP contribution in [0.25, 0.3) is 0 Å². The van der Waals surface area contributed by atoms with E-state index in [1.54, 1.807) is 31.2 Å². The molecule has 0 heterocycles. The number of benzene rings is 2. The average Bonchev–Trinajstić information content (AvgIpc) is 2.77. The van der Waals surface area contributed by atoms with Gasteiger partial charge in [0.1, 0.15) is 11.9 Å². The Labute approximate surface area is 202 Å². The first-order valence-corrected chi connectivity index (χ1v) is 13.1. The van der Waals surface area contributed by atoms with E-state index in [1.165, 1.54) is 29.2 Å². The number of hydrogen-bond acceptors (Lipinski definition) is 4. The molecule has 7 nitrogen and oxygen atoms in total. The van der Waals surface area contributed by atoms with Crippen molar-refractivity contribution in [2.45, 2.75) is 46.3 Å². The van der Waals surface area contributed by atoms with Gasteiger partial charge in [-0.15, -0.1) is 0 Å². The van der Waals surface area contributed by atoms with Crippen molar-refractivity contribution >= 4 is 21.8 Å².